The van der Waals surface area contributed by atoms with Crippen molar-refractivity contribution in [3.63, 3.8) is 0 Å². The molecule has 0 saturated carbocycles. The van der Waals surface area contributed by atoms with E-state index in [-0.39, 0.29) is 13.2 Å². The minimum atomic E-state index is 0.266. The van der Waals surface area contributed by atoms with Gasteiger partial charge in [0.05, 0.1) is 0 Å². The Morgan fingerprint density at radius 1 is 0.750 bits per heavy atom. The second kappa shape index (κ2) is 8.93. The van der Waals surface area contributed by atoms with Crippen LogP contribution in [0.3, 0.4) is 0 Å². The van der Waals surface area contributed by atoms with Crippen LogP contribution >= 0.6 is 23.5 Å². The average molecular weight is 258 g/mol. The van der Waals surface area contributed by atoms with E-state index in [4.69, 9.17) is 10.2 Å². The van der Waals surface area contributed by atoms with E-state index in [0.29, 0.717) is 0 Å². The number of aliphatic hydroxyl groups excluding tert-OH is 2. The maximum absolute atomic E-state index is 8.67. The van der Waals surface area contributed by atoms with Crippen LogP contribution in [0, 0.1) is 0 Å². The first kappa shape index (κ1) is 13.9. The van der Waals surface area contributed by atoms with Crippen molar-refractivity contribution in [1.82, 2.24) is 0 Å². The summed E-state index contributed by atoms with van der Waals surface area (Å²) in [6.45, 7) is 0.532. The molecule has 2 nitrogen and oxygen atoms in total. The molecular formula is C12H18O2S2. The molecule has 0 aliphatic carbocycles. The molecule has 0 aromatic heterocycles. The Hall–Kier alpha value is -0.160. The first-order valence-corrected chi connectivity index (χ1v) is 7.41. The molecular weight excluding hydrogens is 240 g/mol. The van der Waals surface area contributed by atoms with Gasteiger partial charge in [-0.1, -0.05) is 0 Å². The van der Waals surface area contributed by atoms with Crippen molar-refractivity contribution in [3.8, 4) is 0 Å². The van der Waals surface area contributed by atoms with E-state index >= 15 is 0 Å². The quantitative estimate of drug-likeness (QED) is 0.555. The highest BCUT2D eigenvalue weighted by Crippen LogP contribution is 2.24. The molecule has 0 aliphatic rings. The Morgan fingerprint density at radius 2 is 1.12 bits per heavy atom. The normalized spacial score (nSPS) is 10.6. The van der Waals surface area contributed by atoms with Crippen LogP contribution in [-0.4, -0.2) is 34.9 Å². The van der Waals surface area contributed by atoms with Crippen LogP contribution in [0.2, 0.25) is 0 Å². The molecule has 0 aliphatic heterocycles. The lowest BCUT2D eigenvalue weighted by atomic mass is 10.4. The molecule has 16 heavy (non-hydrogen) atoms. The Kier molecular flexibility index (Phi) is 7.76. The molecule has 0 bridgehead atoms. The molecule has 0 unspecified atom stereocenters. The Balaban J connectivity index is 2.30. The molecule has 0 radical (unpaired) electrons. The van der Waals surface area contributed by atoms with Crippen LogP contribution in [0.5, 0.6) is 0 Å². The monoisotopic (exact) mass is 258 g/mol. The van der Waals surface area contributed by atoms with Crippen molar-refractivity contribution >= 4 is 23.5 Å². The number of rotatable bonds is 8. The Morgan fingerprint density at radius 3 is 1.44 bits per heavy atom. The highest BCUT2D eigenvalue weighted by molar-refractivity contribution is 7.99. The molecule has 2 N–H and O–H groups in total. The van der Waals surface area contributed by atoms with E-state index in [9.17, 15) is 0 Å². The predicted molar refractivity (Wildman–Crippen MR) is 71.3 cm³/mol. The predicted octanol–water partition coefficient (Wildman–Crippen LogP) is 2.64. The molecule has 1 rings (SSSR count). The number of thioether (sulfide) groups is 2. The lowest BCUT2D eigenvalue weighted by Gasteiger charge is -2.03. The maximum Gasteiger partial charge on any atom is 0.0439 e. The molecule has 0 spiro atoms. The zero-order chi connectivity index (χ0) is 11.6. The van der Waals surface area contributed by atoms with Crippen molar-refractivity contribution in [3.05, 3.63) is 24.3 Å². The molecule has 0 fully saturated rings. The fourth-order valence-corrected chi connectivity index (χ4v) is 2.82. The first-order chi connectivity index (χ1) is 7.86. The smallest absolute Gasteiger partial charge is 0.0439 e. The van der Waals surface area contributed by atoms with Crippen LogP contribution in [0.15, 0.2) is 34.1 Å². The van der Waals surface area contributed by atoms with Crippen molar-refractivity contribution in [1.29, 1.82) is 0 Å². The fourth-order valence-electron chi connectivity index (χ4n) is 1.14. The van der Waals surface area contributed by atoms with Gasteiger partial charge in [-0.15, -0.1) is 23.5 Å². The second-order valence-corrected chi connectivity index (χ2v) is 5.66. The minimum Gasteiger partial charge on any atom is -0.396 e. The van der Waals surface area contributed by atoms with E-state index in [2.05, 4.69) is 24.3 Å². The van der Waals surface area contributed by atoms with Gasteiger partial charge in [-0.2, -0.15) is 0 Å². The highest BCUT2D eigenvalue weighted by Gasteiger charge is 1.96. The molecule has 1 aromatic rings. The lowest BCUT2D eigenvalue weighted by molar-refractivity contribution is 0.296. The third-order valence-corrected chi connectivity index (χ3v) is 4.16. The van der Waals surface area contributed by atoms with Gasteiger partial charge in [0.1, 0.15) is 0 Å². The van der Waals surface area contributed by atoms with E-state index in [0.717, 1.165) is 24.3 Å². The van der Waals surface area contributed by atoms with Crippen LogP contribution in [0.25, 0.3) is 0 Å². The van der Waals surface area contributed by atoms with Gasteiger partial charge < -0.3 is 10.2 Å². The SMILES string of the molecule is OCCCSc1ccc(SCCCO)cc1. The van der Waals surface area contributed by atoms with Crippen molar-refractivity contribution in [2.45, 2.75) is 22.6 Å². The molecule has 0 amide bonds. The maximum atomic E-state index is 8.67. The minimum absolute atomic E-state index is 0.266. The van der Waals surface area contributed by atoms with Gasteiger partial charge in [0, 0.05) is 34.5 Å². The molecule has 0 saturated heterocycles. The summed E-state index contributed by atoms with van der Waals surface area (Å²) >= 11 is 3.55. The van der Waals surface area contributed by atoms with Gasteiger partial charge in [0.2, 0.25) is 0 Å². The summed E-state index contributed by atoms with van der Waals surface area (Å²) in [6.07, 6.45) is 1.69. The zero-order valence-electron chi connectivity index (χ0n) is 9.26. The summed E-state index contributed by atoms with van der Waals surface area (Å²) in [4.78, 5) is 2.50. The lowest BCUT2D eigenvalue weighted by Crippen LogP contribution is -1.86. The van der Waals surface area contributed by atoms with E-state index in [1.54, 1.807) is 23.5 Å². The summed E-state index contributed by atoms with van der Waals surface area (Å²) in [5.74, 6) is 1.93. The highest BCUT2D eigenvalue weighted by atomic mass is 32.2. The Bertz CT molecular complexity index is 246. The Labute approximate surface area is 105 Å². The number of benzene rings is 1. The molecule has 1 aromatic carbocycles. The fraction of sp³-hybridized carbons (Fsp3) is 0.500. The summed E-state index contributed by atoms with van der Waals surface area (Å²) in [5, 5.41) is 17.3. The van der Waals surface area contributed by atoms with Crippen molar-refractivity contribution in [2.75, 3.05) is 24.7 Å². The van der Waals surface area contributed by atoms with Gasteiger partial charge in [0.25, 0.3) is 0 Å². The van der Waals surface area contributed by atoms with E-state index in [1.807, 2.05) is 0 Å². The van der Waals surface area contributed by atoms with Gasteiger partial charge >= 0.3 is 0 Å². The van der Waals surface area contributed by atoms with Gasteiger partial charge in [-0.3, -0.25) is 0 Å². The first-order valence-electron chi connectivity index (χ1n) is 5.44. The van der Waals surface area contributed by atoms with Gasteiger partial charge in [-0.05, 0) is 37.1 Å². The van der Waals surface area contributed by atoms with E-state index in [1.165, 1.54) is 9.79 Å². The van der Waals surface area contributed by atoms with Crippen LogP contribution in [0.4, 0.5) is 0 Å². The average Bonchev–Trinajstić information content (AvgIpc) is 2.32. The molecule has 0 atom stereocenters. The van der Waals surface area contributed by atoms with Crippen molar-refractivity contribution in [2.24, 2.45) is 0 Å². The standard InChI is InChI=1S/C12H18O2S2/c13-7-1-9-15-11-3-5-12(6-4-11)16-10-2-8-14/h3-6,13-14H,1-2,7-10H2. The summed E-state index contributed by atoms with van der Waals surface area (Å²) in [6, 6.07) is 8.46. The van der Waals surface area contributed by atoms with Crippen molar-refractivity contribution < 1.29 is 10.2 Å². The molecule has 4 heteroatoms. The number of hydrogen-bond donors (Lipinski definition) is 2. The largest absolute Gasteiger partial charge is 0.396 e. The summed E-state index contributed by atoms with van der Waals surface area (Å²) < 4.78 is 0. The zero-order valence-corrected chi connectivity index (χ0v) is 10.9. The molecule has 0 heterocycles. The van der Waals surface area contributed by atoms with Crippen LogP contribution in [-0.2, 0) is 0 Å². The third kappa shape index (κ3) is 5.80. The third-order valence-electron chi connectivity index (χ3n) is 1.97. The van der Waals surface area contributed by atoms with E-state index < -0.39 is 0 Å². The van der Waals surface area contributed by atoms with Crippen LogP contribution in [0.1, 0.15) is 12.8 Å². The topological polar surface area (TPSA) is 40.5 Å². The summed E-state index contributed by atoms with van der Waals surface area (Å²) in [7, 11) is 0. The van der Waals surface area contributed by atoms with Gasteiger partial charge in [-0.25, -0.2) is 0 Å². The second-order valence-electron chi connectivity index (χ2n) is 3.32. The van der Waals surface area contributed by atoms with Crippen LogP contribution < -0.4 is 0 Å². The number of hydrogen-bond acceptors (Lipinski definition) is 4. The number of aliphatic hydroxyl groups is 2. The molecule has 90 valence electrons. The van der Waals surface area contributed by atoms with Gasteiger partial charge in [0.15, 0.2) is 0 Å². The summed E-state index contributed by atoms with van der Waals surface area (Å²) in [5.41, 5.74) is 0.